The second kappa shape index (κ2) is 9.87. The van der Waals surface area contributed by atoms with Crippen molar-refractivity contribution in [3.05, 3.63) is 47.5 Å². The molecule has 1 atom stereocenters. The molecule has 9 nitrogen and oxygen atoms in total. The Morgan fingerprint density at radius 1 is 1.15 bits per heavy atom. The Kier molecular flexibility index (Phi) is 6.90. The lowest BCUT2D eigenvalue weighted by molar-refractivity contribution is -0.134. The number of aromatic nitrogens is 2. The fourth-order valence-corrected chi connectivity index (χ4v) is 4.95. The first-order chi connectivity index (χ1) is 16.4. The number of nitrogens with one attached hydrogen (secondary N) is 1. The maximum atomic E-state index is 13.8. The lowest BCUT2D eigenvalue weighted by Gasteiger charge is -2.44. The molecule has 1 aromatic heterocycles. The van der Waals surface area contributed by atoms with Crippen molar-refractivity contribution in [1.29, 1.82) is 0 Å². The Balaban J connectivity index is 1.72. The van der Waals surface area contributed by atoms with Crippen molar-refractivity contribution in [2.24, 2.45) is 0 Å². The highest BCUT2D eigenvalue weighted by Crippen LogP contribution is 2.33. The Bertz CT molecular complexity index is 1070. The fourth-order valence-electron chi connectivity index (χ4n) is 4.95. The number of ether oxygens (including phenoxy) is 2. The van der Waals surface area contributed by atoms with E-state index < -0.39 is 17.4 Å². The molecule has 9 heteroatoms. The van der Waals surface area contributed by atoms with Gasteiger partial charge in [-0.2, -0.15) is 0 Å². The largest absolute Gasteiger partial charge is 0.496 e. The minimum atomic E-state index is -1.19. The predicted molar refractivity (Wildman–Crippen MR) is 124 cm³/mol. The van der Waals surface area contributed by atoms with Crippen LogP contribution in [-0.2, 0) is 22.6 Å². The SMILES string of the molecule is COC(=O)c1ncn2c1C(=O)N(Cc1ccccc1OC)[C@@](C)(C(=O)NC1CCCCCC1)C2. The zero-order valence-corrected chi connectivity index (χ0v) is 20.0. The zero-order chi connectivity index (χ0) is 24.3. The van der Waals surface area contributed by atoms with Gasteiger partial charge in [0, 0.05) is 11.6 Å². The van der Waals surface area contributed by atoms with Gasteiger partial charge >= 0.3 is 5.97 Å². The molecule has 2 aromatic rings. The number of fused-ring (bicyclic) bond motifs is 1. The van der Waals surface area contributed by atoms with Crippen molar-refractivity contribution in [2.75, 3.05) is 14.2 Å². The molecular formula is C25H32N4O5. The molecule has 182 valence electrons. The van der Waals surface area contributed by atoms with Crippen LogP contribution in [0.5, 0.6) is 5.75 Å². The predicted octanol–water partition coefficient (Wildman–Crippen LogP) is 2.93. The van der Waals surface area contributed by atoms with Crippen LogP contribution in [0.15, 0.2) is 30.6 Å². The van der Waals surface area contributed by atoms with E-state index >= 15 is 0 Å². The molecule has 1 N–H and O–H groups in total. The number of hydrogen-bond donors (Lipinski definition) is 1. The van der Waals surface area contributed by atoms with Crippen LogP contribution in [0.25, 0.3) is 0 Å². The van der Waals surface area contributed by atoms with Crippen molar-refractivity contribution in [1.82, 2.24) is 19.8 Å². The van der Waals surface area contributed by atoms with Crippen LogP contribution in [0.1, 0.15) is 72.0 Å². The summed E-state index contributed by atoms with van der Waals surface area (Å²) in [6.45, 7) is 2.09. The number of rotatable bonds is 6. The second-order valence-corrected chi connectivity index (χ2v) is 9.20. The second-order valence-electron chi connectivity index (χ2n) is 9.20. The summed E-state index contributed by atoms with van der Waals surface area (Å²) in [5.41, 5.74) is -0.352. The summed E-state index contributed by atoms with van der Waals surface area (Å²) in [4.78, 5) is 45.5. The van der Waals surface area contributed by atoms with Crippen LogP contribution in [0.4, 0.5) is 0 Å². The third-order valence-electron chi connectivity index (χ3n) is 6.94. The summed E-state index contributed by atoms with van der Waals surface area (Å²) in [6.07, 6.45) is 7.82. The third kappa shape index (κ3) is 4.38. The number of para-hydroxylation sites is 1. The summed E-state index contributed by atoms with van der Waals surface area (Å²) < 4.78 is 11.9. The van der Waals surface area contributed by atoms with Crippen LogP contribution < -0.4 is 10.1 Å². The van der Waals surface area contributed by atoms with E-state index in [9.17, 15) is 14.4 Å². The first kappa shape index (κ1) is 23.8. The first-order valence-corrected chi connectivity index (χ1v) is 11.8. The van der Waals surface area contributed by atoms with E-state index in [4.69, 9.17) is 9.47 Å². The molecule has 1 saturated carbocycles. The normalized spacial score (nSPS) is 20.9. The number of esters is 1. The van der Waals surface area contributed by atoms with Crippen molar-refractivity contribution in [3.63, 3.8) is 0 Å². The molecule has 2 heterocycles. The number of benzene rings is 1. The standard InChI is InChI=1S/C25H32N4O5/c1-25(24(32)27-18-11-6-4-5-7-12-18)15-28-16-26-20(23(31)34-3)21(28)22(30)29(25)14-17-10-8-9-13-19(17)33-2/h8-10,13,16,18H,4-7,11-12,14-15H2,1-3H3,(H,27,32)/t25-/m1/s1. The Morgan fingerprint density at radius 3 is 2.53 bits per heavy atom. The quantitative estimate of drug-likeness (QED) is 0.517. The van der Waals surface area contributed by atoms with Gasteiger partial charge in [-0.1, -0.05) is 43.9 Å². The van der Waals surface area contributed by atoms with Crippen molar-refractivity contribution in [2.45, 2.75) is 70.1 Å². The summed E-state index contributed by atoms with van der Waals surface area (Å²) in [7, 11) is 2.82. The van der Waals surface area contributed by atoms with Crippen molar-refractivity contribution in [3.8, 4) is 5.75 Å². The van der Waals surface area contributed by atoms with Gasteiger partial charge in [0.25, 0.3) is 5.91 Å². The smallest absolute Gasteiger partial charge is 0.359 e. The van der Waals surface area contributed by atoms with Gasteiger partial charge in [0.05, 0.1) is 33.6 Å². The van der Waals surface area contributed by atoms with E-state index in [-0.39, 0.29) is 36.4 Å². The van der Waals surface area contributed by atoms with E-state index in [1.54, 1.807) is 18.6 Å². The Hall–Kier alpha value is -3.36. The molecule has 0 spiro atoms. The van der Waals surface area contributed by atoms with Crippen molar-refractivity contribution < 1.29 is 23.9 Å². The van der Waals surface area contributed by atoms with Gasteiger partial charge in [-0.25, -0.2) is 9.78 Å². The third-order valence-corrected chi connectivity index (χ3v) is 6.94. The van der Waals surface area contributed by atoms with E-state index in [1.165, 1.54) is 31.2 Å². The molecule has 34 heavy (non-hydrogen) atoms. The zero-order valence-electron chi connectivity index (χ0n) is 20.0. The average molecular weight is 469 g/mol. The number of hydrogen-bond acceptors (Lipinski definition) is 6. The topological polar surface area (TPSA) is 103 Å². The molecule has 1 aliphatic carbocycles. The number of amides is 2. The molecule has 2 amide bonds. The summed E-state index contributed by atoms with van der Waals surface area (Å²) in [5.74, 6) is -0.727. The lowest BCUT2D eigenvalue weighted by atomic mass is 9.92. The number of methoxy groups -OCH3 is 2. The van der Waals surface area contributed by atoms with Gasteiger partial charge in [0.2, 0.25) is 5.91 Å². The van der Waals surface area contributed by atoms with Gasteiger partial charge in [-0.3, -0.25) is 9.59 Å². The maximum Gasteiger partial charge on any atom is 0.359 e. The monoisotopic (exact) mass is 468 g/mol. The van der Waals surface area contributed by atoms with Crippen LogP contribution in [0, 0.1) is 0 Å². The molecular weight excluding hydrogens is 436 g/mol. The number of carbonyl (C=O) groups is 3. The average Bonchev–Trinajstić information content (AvgIpc) is 3.09. The molecule has 0 bridgehead atoms. The van der Waals surface area contributed by atoms with E-state index in [2.05, 4.69) is 10.3 Å². The number of nitrogens with zero attached hydrogens (tertiary/aromatic N) is 3. The minimum Gasteiger partial charge on any atom is -0.496 e. The van der Waals surface area contributed by atoms with Crippen LogP contribution in [0.2, 0.25) is 0 Å². The molecule has 1 aromatic carbocycles. The van der Waals surface area contributed by atoms with Gasteiger partial charge in [0.15, 0.2) is 5.69 Å². The molecule has 4 rings (SSSR count). The van der Waals surface area contributed by atoms with Crippen LogP contribution in [0.3, 0.4) is 0 Å². The highest BCUT2D eigenvalue weighted by Gasteiger charge is 2.49. The van der Waals surface area contributed by atoms with Gasteiger partial charge in [0.1, 0.15) is 17.0 Å². The first-order valence-electron chi connectivity index (χ1n) is 11.8. The highest BCUT2D eigenvalue weighted by atomic mass is 16.5. The molecule has 0 unspecified atom stereocenters. The number of carbonyl (C=O) groups excluding carboxylic acids is 3. The molecule has 2 aliphatic rings. The van der Waals surface area contributed by atoms with E-state index in [0.29, 0.717) is 5.75 Å². The van der Waals surface area contributed by atoms with Crippen molar-refractivity contribution >= 4 is 17.8 Å². The summed E-state index contributed by atoms with van der Waals surface area (Å²) >= 11 is 0. The number of imidazole rings is 1. The minimum absolute atomic E-state index is 0.0521. The van der Waals surface area contributed by atoms with Gasteiger partial charge in [-0.05, 0) is 25.8 Å². The summed E-state index contributed by atoms with van der Waals surface area (Å²) in [5, 5.41) is 3.22. The van der Waals surface area contributed by atoms with Crippen LogP contribution in [-0.4, -0.2) is 58.0 Å². The summed E-state index contributed by atoms with van der Waals surface area (Å²) in [6, 6.07) is 7.48. The highest BCUT2D eigenvalue weighted by molar-refractivity contribution is 6.06. The maximum absolute atomic E-state index is 13.8. The van der Waals surface area contributed by atoms with E-state index in [0.717, 1.165) is 31.2 Å². The lowest BCUT2D eigenvalue weighted by Crippen LogP contribution is -2.64. The van der Waals surface area contributed by atoms with Gasteiger partial charge < -0.3 is 24.3 Å². The van der Waals surface area contributed by atoms with Crippen LogP contribution >= 0.6 is 0 Å². The molecule has 1 aliphatic heterocycles. The molecule has 0 radical (unpaired) electrons. The van der Waals surface area contributed by atoms with E-state index in [1.807, 2.05) is 24.3 Å². The van der Waals surface area contributed by atoms with Gasteiger partial charge in [-0.15, -0.1) is 0 Å². The fraction of sp³-hybridized carbons (Fsp3) is 0.520. The molecule has 1 fully saturated rings. The molecule has 0 saturated heterocycles. The Morgan fingerprint density at radius 2 is 1.85 bits per heavy atom. The Labute approximate surface area is 199 Å².